The highest BCUT2D eigenvalue weighted by molar-refractivity contribution is 8.06. The molecule has 1 aromatic rings. The Morgan fingerprint density at radius 1 is 1.44 bits per heavy atom. The Bertz CT molecular complexity index is 350. The van der Waals surface area contributed by atoms with E-state index >= 15 is 0 Å². The average molecular weight is 322 g/mol. The molecule has 2 unspecified atom stereocenters. The van der Waals surface area contributed by atoms with Crippen molar-refractivity contribution in [1.82, 2.24) is 5.32 Å². The molecule has 0 saturated carbocycles. The van der Waals surface area contributed by atoms with E-state index in [1.54, 1.807) is 11.3 Å². The van der Waals surface area contributed by atoms with Crippen molar-refractivity contribution in [2.24, 2.45) is 0 Å². The first-order valence-corrected chi connectivity index (χ1v) is 9.86. The number of hydrogen-bond donors (Lipinski definition) is 1. The van der Waals surface area contributed by atoms with E-state index in [2.05, 4.69) is 41.8 Å². The Balaban J connectivity index is 1.94. The lowest BCUT2D eigenvalue weighted by atomic mass is 10.1. The molecule has 1 aliphatic rings. The van der Waals surface area contributed by atoms with Crippen LogP contribution in [-0.2, 0) is 6.42 Å². The van der Waals surface area contributed by atoms with Crippen molar-refractivity contribution >= 4 is 46.5 Å². The number of nitrogens with one attached hydrogen (secondary N) is 1. The first-order chi connectivity index (χ1) is 8.79. The van der Waals surface area contributed by atoms with Gasteiger partial charge in [-0.05, 0) is 31.5 Å². The van der Waals surface area contributed by atoms with E-state index in [-0.39, 0.29) is 0 Å². The molecule has 1 aliphatic heterocycles. The van der Waals surface area contributed by atoms with Crippen molar-refractivity contribution in [3.05, 3.63) is 21.3 Å². The summed E-state index contributed by atoms with van der Waals surface area (Å²) in [5, 5.41) is 4.47. The molecule has 2 rings (SSSR count). The van der Waals surface area contributed by atoms with Gasteiger partial charge in [0, 0.05) is 33.4 Å². The summed E-state index contributed by atoms with van der Waals surface area (Å²) >= 11 is 12.0. The Morgan fingerprint density at radius 3 is 2.94 bits per heavy atom. The van der Waals surface area contributed by atoms with Crippen molar-refractivity contribution < 1.29 is 0 Å². The SMILES string of the molecule is CCCNC(Cc1ccc(Cl)s1)C1CSCCS1. The van der Waals surface area contributed by atoms with Crippen LogP contribution in [0.1, 0.15) is 18.2 Å². The summed E-state index contributed by atoms with van der Waals surface area (Å²) < 4.78 is 0.907. The lowest BCUT2D eigenvalue weighted by Crippen LogP contribution is -2.42. The van der Waals surface area contributed by atoms with Gasteiger partial charge in [0.2, 0.25) is 0 Å². The van der Waals surface area contributed by atoms with Crippen LogP contribution >= 0.6 is 46.5 Å². The minimum Gasteiger partial charge on any atom is -0.312 e. The predicted molar refractivity (Wildman–Crippen MR) is 88.7 cm³/mol. The third-order valence-corrected chi connectivity index (χ3v) is 7.17. The third-order valence-electron chi connectivity index (χ3n) is 3.00. The highest BCUT2D eigenvalue weighted by atomic mass is 35.5. The molecule has 2 heterocycles. The second-order valence-electron chi connectivity index (χ2n) is 4.45. The van der Waals surface area contributed by atoms with Gasteiger partial charge < -0.3 is 5.32 Å². The van der Waals surface area contributed by atoms with Crippen molar-refractivity contribution in [2.45, 2.75) is 31.1 Å². The van der Waals surface area contributed by atoms with E-state index in [4.69, 9.17) is 11.6 Å². The van der Waals surface area contributed by atoms with E-state index in [1.165, 1.54) is 28.6 Å². The standard InChI is InChI=1S/C13H20ClNS3/c1-2-5-15-11(12-9-16-6-7-17-12)8-10-3-4-13(14)18-10/h3-4,11-12,15H,2,5-9H2,1H3. The fourth-order valence-electron chi connectivity index (χ4n) is 2.08. The van der Waals surface area contributed by atoms with Gasteiger partial charge in [0.15, 0.2) is 0 Å². The van der Waals surface area contributed by atoms with Gasteiger partial charge in [0.1, 0.15) is 0 Å². The van der Waals surface area contributed by atoms with Crippen molar-refractivity contribution in [2.75, 3.05) is 23.8 Å². The maximum absolute atomic E-state index is 6.02. The monoisotopic (exact) mass is 321 g/mol. The van der Waals surface area contributed by atoms with E-state index in [1.807, 2.05) is 6.07 Å². The number of halogens is 1. The Kier molecular flexibility index (Phi) is 6.73. The second kappa shape index (κ2) is 8.05. The number of thiophene rings is 1. The van der Waals surface area contributed by atoms with Crippen LogP contribution in [0.25, 0.3) is 0 Å². The number of rotatable bonds is 6. The third kappa shape index (κ3) is 4.64. The normalized spacial score (nSPS) is 22.0. The zero-order chi connectivity index (χ0) is 12.8. The van der Waals surface area contributed by atoms with Gasteiger partial charge in [-0.3, -0.25) is 0 Å². The van der Waals surface area contributed by atoms with Crippen LogP contribution in [-0.4, -0.2) is 35.1 Å². The molecule has 1 fully saturated rings. The summed E-state index contributed by atoms with van der Waals surface area (Å²) in [6.45, 7) is 3.35. The van der Waals surface area contributed by atoms with E-state index in [9.17, 15) is 0 Å². The number of thioether (sulfide) groups is 2. The summed E-state index contributed by atoms with van der Waals surface area (Å²) in [5.41, 5.74) is 0. The molecule has 5 heteroatoms. The maximum atomic E-state index is 6.02. The fourth-order valence-corrected chi connectivity index (χ4v) is 6.12. The van der Waals surface area contributed by atoms with Gasteiger partial charge in [-0.1, -0.05) is 18.5 Å². The maximum Gasteiger partial charge on any atom is 0.0931 e. The summed E-state index contributed by atoms with van der Waals surface area (Å²) in [7, 11) is 0. The van der Waals surface area contributed by atoms with Crippen LogP contribution in [0.2, 0.25) is 4.34 Å². The molecule has 0 aromatic carbocycles. The highest BCUT2D eigenvalue weighted by Gasteiger charge is 2.24. The van der Waals surface area contributed by atoms with E-state index in [0.29, 0.717) is 6.04 Å². The van der Waals surface area contributed by atoms with Gasteiger partial charge in [-0.25, -0.2) is 0 Å². The van der Waals surface area contributed by atoms with Crippen LogP contribution in [0.5, 0.6) is 0 Å². The van der Waals surface area contributed by atoms with Crippen molar-refractivity contribution in [1.29, 1.82) is 0 Å². The van der Waals surface area contributed by atoms with E-state index in [0.717, 1.165) is 22.6 Å². The van der Waals surface area contributed by atoms with E-state index < -0.39 is 0 Å². The van der Waals surface area contributed by atoms with Crippen molar-refractivity contribution in [3.8, 4) is 0 Å². The molecule has 2 atom stereocenters. The summed E-state index contributed by atoms with van der Waals surface area (Å²) in [5.74, 6) is 3.89. The lowest BCUT2D eigenvalue weighted by molar-refractivity contribution is 0.508. The molecule has 102 valence electrons. The Morgan fingerprint density at radius 2 is 2.33 bits per heavy atom. The fraction of sp³-hybridized carbons (Fsp3) is 0.692. The molecule has 1 N–H and O–H groups in total. The molecule has 0 bridgehead atoms. The zero-order valence-corrected chi connectivity index (χ0v) is 13.9. The van der Waals surface area contributed by atoms with Gasteiger partial charge in [-0.15, -0.1) is 11.3 Å². The van der Waals surface area contributed by atoms with Gasteiger partial charge in [0.25, 0.3) is 0 Å². The molecule has 0 amide bonds. The molecule has 0 radical (unpaired) electrons. The first kappa shape index (κ1) is 15.0. The second-order valence-corrected chi connectivity index (χ2v) is 8.75. The minimum absolute atomic E-state index is 0.595. The quantitative estimate of drug-likeness (QED) is 0.845. The number of hydrogen-bond acceptors (Lipinski definition) is 4. The minimum atomic E-state index is 0.595. The predicted octanol–water partition coefficient (Wildman–Crippen LogP) is 4.16. The summed E-state index contributed by atoms with van der Waals surface area (Å²) in [6, 6.07) is 4.78. The van der Waals surface area contributed by atoms with Crippen LogP contribution in [0.3, 0.4) is 0 Å². The molecule has 1 aromatic heterocycles. The molecular formula is C13H20ClNS3. The molecule has 1 nitrogen and oxygen atoms in total. The molecule has 1 saturated heterocycles. The molecular weight excluding hydrogens is 302 g/mol. The van der Waals surface area contributed by atoms with Gasteiger partial charge in [0.05, 0.1) is 4.34 Å². The summed E-state index contributed by atoms with van der Waals surface area (Å²) in [6.07, 6.45) is 2.32. The molecule has 0 aliphatic carbocycles. The van der Waals surface area contributed by atoms with Gasteiger partial charge >= 0.3 is 0 Å². The first-order valence-electron chi connectivity index (χ1n) is 6.46. The van der Waals surface area contributed by atoms with Crippen LogP contribution in [0.15, 0.2) is 12.1 Å². The zero-order valence-electron chi connectivity index (χ0n) is 10.7. The molecule has 18 heavy (non-hydrogen) atoms. The smallest absolute Gasteiger partial charge is 0.0931 e. The average Bonchev–Trinajstić information content (AvgIpc) is 2.81. The Labute approximate surface area is 127 Å². The highest BCUT2D eigenvalue weighted by Crippen LogP contribution is 2.30. The van der Waals surface area contributed by atoms with Gasteiger partial charge in [-0.2, -0.15) is 23.5 Å². The molecule has 0 spiro atoms. The van der Waals surface area contributed by atoms with Crippen molar-refractivity contribution in [3.63, 3.8) is 0 Å². The lowest BCUT2D eigenvalue weighted by Gasteiger charge is -2.30. The Hall–Kier alpha value is 0.650. The topological polar surface area (TPSA) is 12.0 Å². The van der Waals surface area contributed by atoms with Crippen LogP contribution in [0, 0.1) is 0 Å². The largest absolute Gasteiger partial charge is 0.312 e. The van der Waals surface area contributed by atoms with Crippen LogP contribution in [0.4, 0.5) is 0 Å². The van der Waals surface area contributed by atoms with Crippen LogP contribution < -0.4 is 5.32 Å². The summed E-state index contributed by atoms with van der Waals surface area (Å²) in [4.78, 5) is 1.41.